The van der Waals surface area contributed by atoms with Crippen molar-refractivity contribution in [2.24, 2.45) is 0 Å². The number of sulfonamides is 1. The van der Waals surface area contributed by atoms with Crippen LogP contribution in [0, 0.1) is 29.1 Å². The molecule has 14 heteroatoms. The van der Waals surface area contributed by atoms with Gasteiger partial charge in [-0.05, 0) is 60.6 Å². The molecule has 0 spiro atoms. The van der Waals surface area contributed by atoms with Crippen molar-refractivity contribution in [2.75, 3.05) is 11.4 Å². The van der Waals surface area contributed by atoms with Crippen LogP contribution in [0.4, 0.5) is 27.6 Å². The number of nitrogens with one attached hydrogen (secondary N) is 1. The smallest absolute Gasteiger partial charge is 0.251 e. The lowest BCUT2D eigenvalue weighted by molar-refractivity contribution is -0.125. The third-order valence-corrected chi connectivity index (χ3v) is 10.5. The van der Waals surface area contributed by atoms with Crippen molar-refractivity contribution in [1.29, 1.82) is 0 Å². The van der Waals surface area contributed by atoms with E-state index in [2.05, 4.69) is 10.3 Å². The molecule has 8 nitrogen and oxygen atoms in total. The van der Waals surface area contributed by atoms with Crippen LogP contribution in [0.1, 0.15) is 71.6 Å². The minimum Gasteiger partial charge on any atom is -0.348 e. The van der Waals surface area contributed by atoms with Crippen LogP contribution in [0.25, 0.3) is 0 Å². The Morgan fingerprint density at radius 2 is 1.61 bits per heavy atom. The first-order chi connectivity index (χ1) is 21.0. The Hall–Kier alpha value is -3.91. The van der Waals surface area contributed by atoms with Crippen molar-refractivity contribution in [2.45, 2.75) is 68.5 Å². The molecule has 0 unspecified atom stereocenters. The van der Waals surface area contributed by atoms with Gasteiger partial charge in [0, 0.05) is 30.5 Å². The Bertz CT molecular complexity index is 1730. The number of hydrogen-bond donors (Lipinski definition) is 1. The van der Waals surface area contributed by atoms with Crippen molar-refractivity contribution in [3.63, 3.8) is 0 Å². The zero-order valence-corrected chi connectivity index (χ0v) is 24.1. The molecule has 2 amide bonds. The molecule has 2 aliphatic heterocycles. The van der Waals surface area contributed by atoms with Crippen molar-refractivity contribution in [3.8, 4) is 0 Å². The number of rotatable bonds is 7. The molecule has 2 aromatic carbocycles. The lowest BCUT2D eigenvalue weighted by Crippen LogP contribution is -2.59. The van der Waals surface area contributed by atoms with Gasteiger partial charge in [0.15, 0.2) is 28.2 Å². The highest BCUT2D eigenvalue weighted by molar-refractivity contribution is 7.89. The summed E-state index contributed by atoms with van der Waals surface area (Å²) in [5.41, 5.74) is 2.87. The highest BCUT2D eigenvalue weighted by atomic mass is 32.2. The molecular formula is C30H27F5N4O4S. The number of halogens is 5. The predicted molar refractivity (Wildman–Crippen MR) is 147 cm³/mol. The molecule has 3 heterocycles. The molecule has 232 valence electrons. The molecule has 6 rings (SSSR count). The van der Waals surface area contributed by atoms with Gasteiger partial charge in [0.2, 0.25) is 21.7 Å². The SMILES string of the molecule is O=C1NCc2cc(N(Cc3ccc(C4CCCCC4)cn3)C(=O)[C@H]3CCN3S(=O)(=O)c3c(F)c(F)c(F)c(F)c3F)ccc21. The van der Waals surface area contributed by atoms with Gasteiger partial charge in [-0.3, -0.25) is 14.6 Å². The molecule has 3 aromatic rings. The fourth-order valence-corrected chi connectivity index (χ4v) is 7.80. The van der Waals surface area contributed by atoms with E-state index in [9.17, 15) is 40.0 Å². The van der Waals surface area contributed by atoms with Gasteiger partial charge >= 0.3 is 0 Å². The van der Waals surface area contributed by atoms with E-state index in [1.165, 1.54) is 23.5 Å². The quantitative estimate of drug-likeness (QED) is 0.223. The van der Waals surface area contributed by atoms with Gasteiger partial charge in [-0.1, -0.05) is 25.3 Å². The second kappa shape index (κ2) is 11.5. The van der Waals surface area contributed by atoms with Gasteiger partial charge in [0.1, 0.15) is 6.04 Å². The van der Waals surface area contributed by atoms with Gasteiger partial charge in [-0.2, -0.15) is 4.31 Å². The first kappa shape index (κ1) is 30.1. The number of hydrogen-bond acceptors (Lipinski definition) is 5. The average Bonchev–Trinajstić information content (AvgIpc) is 3.37. The molecule has 1 saturated carbocycles. The summed E-state index contributed by atoms with van der Waals surface area (Å²) in [5.74, 6) is -13.0. The van der Waals surface area contributed by atoms with Crippen LogP contribution in [0.2, 0.25) is 0 Å². The summed E-state index contributed by atoms with van der Waals surface area (Å²) in [6.07, 6.45) is 7.27. The Labute approximate surface area is 249 Å². The summed E-state index contributed by atoms with van der Waals surface area (Å²) in [6, 6.07) is 6.85. The molecule has 1 N–H and O–H groups in total. The van der Waals surface area contributed by atoms with Crippen LogP contribution in [-0.4, -0.2) is 42.1 Å². The number of nitrogens with zero attached hydrogens (tertiary/aromatic N) is 3. The first-order valence-electron chi connectivity index (χ1n) is 14.2. The Morgan fingerprint density at radius 1 is 0.932 bits per heavy atom. The summed E-state index contributed by atoms with van der Waals surface area (Å²) >= 11 is 0. The zero-order chi connectivity index (χ0) is 31.3. The van der Waals surface area contributed by atoms with Crippen LogP contribution in [-0.2, 0) is 27.9 Å². The van der Waals surface area contributed by atoms with Gasteiger partial charge in [-0.25, -0.2) is 30.4 Å². The number of benzene rings is 2. The maximum atomic E-state index is 14.5. The summed E-state index contributed by atoms with van der Waals surface area (Å²) in [6.45, 7) is -0.289. The maximum Gasteiger partial charge on any atom is 0.251 e. The van der Waals surface area contributed by atoms with E-state index in [1.807, 2.05) is 6.07 Å². The number of anilines is 1. The van der Waals surface area contributed by atoms with Crippen molar-refractivity contribution >= 4 is 27.5 Å². The molecule has 44 heavy (non-hydrogen) atoms. The number of carbonyl (C=O) groups is 2. The standard InChI is InChI=1S/C30H27F5N4O4S/c31-23-24(32)26(34)28(27(35)25(23)33)44(42,43)39-11-10-22(39)30(41)38(20-8-9-21-18(12-20)14-37-29(21)40)15-19-7-6-17(13-36-19)16-4-2-1-3-5-16/h6-9,12-13,16,22H,1-5,10-11,14-15H2,(H,37,40)/t22-/m1/s1. The predicted octanol–water partition coefficient (Wildman–Crippen LogP) is 5.06. The van der Waals surface area contributed by atoms with Gasteiger partial charge in [-0.15, -0.1) is 0 Å². The molecule has 0 radical (unpaired) electrons. The number of carbonyl (C=O) groups excluding carboxylic acids is 2. The van der Waals surface area contributed by atoms with Gasteiger partial charge in [0.05, 0.1) is 12.2 Å². The van der Waals surface area contributed by atoms with Crippen molar-refractivity contribution < 1.29 is 40.0 Å². The normalized spacial score (nSPS) is 18.9. The van der Waals surface area contributed by atoms with Gasteiger partial charge < -0.3 is 10.2 Å². The summed E-state index contributed by atoms with van der Waals surface area (Å²) in [5, 5.41) is 2.68. The molecule has 0 bridgehead atoms. The highest BCUT2D eigenvalue weighted by Gasteiger charge is 2.48. The van der Waals surface area contributed by atoms with E-state index in [1.54, 1.807) is 18.3 Å². The summed E-state index contributed by atoms with van der Waals surface area (Å²) in [4.78, 5) is 29.8. The van der Waals surface area contributed by atoms with E-state index in [0.29, 0.717) is 32.7 Å². The van der Waals surface area contributed by atoms with E-state index in [4.69, 9.17) is 0 Å². The molecule has 1 atom stereocenters. The molecule has 1 saturated heterocycles. The van der Waals surface area contributed by atoms with Crippen LogP contribution < -0.4 is 10.2 Å². The van der Waals surface area contributed by atoms with E-state index in [-0.39, 0.29) is 32.0 Å². The fraction of sp³-hybridized carbons (Fsp3) is 0.367. The lowest BCUT2D eigenvalue weighted by atomic mass is 9.85. The third-order valence-electron chi connectivity index (χ3n) is 8.59. The molecule has 3 aliphatic rings. The summed E-state index contributed by atoms with van der Waals surface area (Å²) in [7, 11) is -5.32. The van der Waals surface area contributed by atoms with Crippen molar-refractivity contribution in [1.82, 2.24) is 14.6 Å². The zero-order valence-electron chi connectivity index (χ0n) is 23.3. The van der Waals surface area contributed by atoms with Crippen molar-refractivity contribution in [3.05, 3.63) is 88.0 Å². The number of amides is 2. The minimum atomic E-state index is -5.32. The second-order valence-electron chi connectivity index (χ2n) is 11.2. The fourth-order valence-electron chi connectivity index (χ4n) is 6.06. The second-order valence-corrected chi connectivity index (χ2v) is 13.0. The number of aromatic nitrogens is 1. The number of pyridine rings is 1. The molecule has 1 aromatic heterocycles. The van der Waals surface area contributed by atoms with Crippen LogP contribution in [0.15, 0.2) is 41.4 Å². The van der Waals surface area contributed by atoms with E-state index >= 15 is 0 Å². The Balaban J connectivity index is 1.33. The third kappa shape index (κ3) is 5.13. The monoisotopic (exact) mass is 634 g/mol. The van der Waals surface area contributed by atoms with E-state index < -0.39 is 56.0 Å². The Kier molecular flexibility index (Phi) is 7.91. The van der Waals surface area contributed by atoms with E-state index in [0.717, 1.165) is 31.2 Å². The van der Waals surface area contributed by atoms with Crippen LogP contribution >= 0.6 is 0 Å². The molecule has 2 fully saturated rings. The van der Waals surface area contributed by atoms with Gasteiger partial charge in [0.25, 0.3) is 5.91 Å². The highest BCUT2D eigenvalue weighted by Crippen LogP contribution is 2.36. The molecular weight excluding hydrogens is 607 g/mol. The van der Waals surface area contributed by atoms with Crippen LogP contribution in [0.3, 0.4) is 0 Å². The largest absolute Gasteiger partial charge is 0.348 e. The molecule has 1 aliphatic carbocycles. The average molecular weight is 635 g/mol. The lowest BCUT2D eigenvalue weighted by Gasteiger charge is -2.41. The maximum absolute atomic E-state index is 14.5. The van der Waals surface area contributed by atoms with Crippen LogP contribution in [0.5, 0.6) is 0 Å². The first-order valence-corrected chi connectivity index (χ1v) is 15.6. The number of fused-ring (bicyclic) bond motifs is 1. The summed E-state index contributed by atoms with van der Waals surface area (Å²) < 4.78 is 97.4. The minimum absolute atomic E-state index is 0.0665. The Morgan fingerprint density at radius 3 is 2.23 bits per heavy atom. The topological polar surface area (TPSA) is 99.7 Å².